The number of hydrogen-bond acceptors (Lipinski definition) is 3. The minimum Gasteiger partial charge on any atom is -0.386 e. The molecule has 0 bridgehead atoms. The topological polar surface area (TPSA) is 32.7 Å². The first-order chi connectivity index (χ1) is 8.51. The van der Waals surface area contributed by atoms with E-state index >= 15 is 0 Å². The molecule has 3 nitrogen and oxygen atoms in total. The van der Waals surface area contributed by atoms with E-state index in [1.165, 1.54) is 0 Å². The van der Waals surface area contributed by atoms with Crippen LogP contribution in [0.4, 0.5) is 0 Å². The Labute approximate surface area is 125 Å². The smallest absolute Gasteiger partial charge is 0.0968 e. The zero-order valence-electron chi connectivity index (χ0n) is 11.3. The van der Waals surface area contributed by atoms with E-state index < -0.39 is 6.10 Å². The molecule has 0 spiro atoms. The van der Waals surface area contributed by atoms with E-state index in [0.717, 1.165) is 31.9 Å². The molecule has 0 saturated carbocycles. The Morgan fingerprint density at radius 1 is 1.21 bits per heavy atom. The first kappa shape index (κ1) is 16.7. The highest BCUT2D eigenvalue weighted by atomic mass is 35.5. The Morgan fingerprint density at radius 2 is 1.74 bits per heavy atom. The monoisotopic (exact) mass is 305 g/mol. The Kier molecular flexibility index (Phi) is 6.09. The van der Waals surface area contributed by atoms with Gasteiger partial charge in [-0.3, -0.25) is 4.90 Å². The van der Waals surface area contributed by atoms with Crippen LogP contribution >= 0.6 is 24.0 Å². The Bertz CT molecular complexity index is 389. The van der Waals surface area contributed by atoms with Crippen molar-refractivity contribution in [3.63, 3.8) is 0 Å². The van der Waals surface area contributed by atoms with Crippen molar-refractivity contribution in [2.24, 2.45) is 0 Å². The van der Waals surface area contributed by atoms with Crippen molar-refractivity contribution in [2.45, 2.75) is 25.5 Å². The summed E-state index contributed by atoms with van der Waals surface area (Å²) in [4.78, 5) is 2.27. The lowest BCUT2D eigenvalue weighted by atomic mass is 9.89. The van der Waals surface area contributed by atoms with Crippen molar-refractivity contribution in [1.82, 2.24) is 4.90 Å². The number of hydrogen-bond donors (Lipinski definition) is 1. The fourth-order valence-corrected chi connectivity index (χ4v) is 2.49. The minimum atomic E-state index is -0.534. The van der Waals surface area contributed by atoms with Gasteiger partial charge in [-0.2, -0.15) is 0 Å². The normalized spacial score (nSPS) is 18.7. The molecule has 0 amide bonds. The molecule has 2 rings (SSSR count). The molecule has 1 saturated heterocycles. The molecule has 1 aliphatic heterocycles. The molecule has 1 aliphatic rings. The van der Waals surface area contributed by atoms with E-state index in [9.17, 15) is 5.11 Å². The van der Waals surface area contributed by atoms with Gasteiger partial charge in [0.15, 0.2) is 0 Å². The summed E-state index contributed by atoms with van der Waals surface area (Å²) >= 11 is 5.87. The number of nitrogens with zero attached hydrogens (tertiary/aromatic N) is 1. The first-order valence-electron chi connectivity index (χ1n) is 6.28. The molecule has 108 valence electrons. The maximum atomic E-state index is 10.6. The highest BCUT2D eigenvalue weighted by molar-refractivity contribution is 6.30. The fraction of sp³-hybridized carbons (Fsp3) is 0.571. The largest absolute Gasteiger partial charge is 0.386 e. The van der Waals surface area contributed by atoms with Gasteiger partial charge >= 0.3 is 0 Å². The molecule has 1 fully saturated rings. The second-order valence-corrected chi connectivity index (χ2v) is 5.64. The van der Waals surface area contributed by atoms with Gasteiger partial charge in [-0.1, -0.05) is 23.7 Å². The Balaban J connectivity index is 0.00000180. The van der Waals surface area contributed by atoms with Crippen LogP contribution in [-0.4, -0.2) is 41.8 Å². The van der Waals surface area contributed by atoms with Crippen LogP contribution in [0.25, 0.3) is 0 Å². The molecule has 1 heterocycles. The maximum Gasteiger partial charge on any atom is 0.0968 e. The van der Waals surface area contributed by atoms with Crippen molar-refractivity contribution in [3.8, 4) is 0 Å². The van der Waals surface area contributed by atoms with Crippen molar-refractivity contribution >= 4 is 24.0 Å². The van der Waals surface area contributed by atoms with Gasteiger partial charge in [-0.25, -0.2) is 0 Å². The van der Waals surface area contributed by atoms with Crippen LogP contribution in [0.15, 0.2) is 24.3 Å². The van der Waals surface area contributed by atoms with Crippen LogP contribution in [-0.2, 0) is 4.74 Å². The summed E-state index contributed by atoms with van der Waals surface area (Å²) in [6.45, 7) is 7.32. The van der Waals surface area contributed by atoms with Gasteiger partial charge in [0, 0.05) is 23.7 Å². The predicted octanol–water partition coefficient (Wildman–Crippen LogP) is 2.91. The summed E-state index contributed by atoms with van der Waals surface area (Å²) in [6.07, 6.45) is -0.534. The molecule has 1 N–H and O–H groups in total. The third-order valence-corrected chi connectivity index (χ3v) is 3.93. The molecule has 0 aliphatic carbocycles. The third-order valence-electron chi connectivity index (χ3n) is 3.68. The van der Waals surface area contributed by atoms with E-state index in [2.05, 4.69) is 18.7 Å². The summed E-state index contributed by atoms with van der Waals surface area (Å²) in [5, 5.41) is 11.3. The van der Waals surface area contributed by atoms with Gasteiger partial charge in [0.05, 0.1) is 19.3 Å². The van der Waals surface area contributed by atoms with E-state index in [4.69, 9.17) is 16.3 Å². The second-order valence-electron chi connectivity index (χ2n) is 5.21. The van der Waals surface area contributed by atoms with Gasteiger partial charge in [-0.05, 0) is 31.5 Å². The lowest BCUT2D eigenvalue weighted by molar-refractivity contribution is -0.0630. The van der Waals surface area contributed by atoms with E-state index in [1.54, 1.807) is 0 Å². The summed E-state index contributed by atoms with van der Waals surface area (Å²) in [6, 6.07) is 7.40. The molecule has 5 heteroatoms. The summed E-state index contributed by atoms with van der Waals surface area (Å²) in [5.74, 6) is 0. The number of morpholine rings is 1. The van der Waals surface area contributed by atoms with Crippen LogP contribution in [0, 0.1) is 0 Å². The summed E-state index contributed by atoms with van der Waals surface area (Å²) < 4.78 is 5.36. The number of aliphatic hydroxyl groups excluding tert-OH is 1. The van der Waals surface area contributed by atoms with Crippen molar-refractivity contribution in [3.05, 3.63) is 34.9 Å². The molecular formula is C14H21Cl2NO2. The quantitative estimate of drug-likeness (QED) is 0.932. The Hall–Kier alpha value is -0.320. The van der Waals surface area contributed by atoms with Crippen LogP contribution in [0.1, 0.15) is 25.5 Å². The van der Waals surface area contributed by atoms with Crippen LogP contribution in [0.5, 0.6) is 0 Å². The van der Waals surface area contributed by atoms with Gasteiger partial charge in [0.2, 0.25) is 0 Å². The molecular weight excluding hydrogens is 285 g/mol. The van der Waals surface area contributed by atoms with Crippen LogP contribution < -0.4 is 0 Å². The van der Waals surface area contributed by atoms with Gasteiger partial charge in [-0.15, -0.1) is 12.4 Å². The minimum absolute atomic E-state index is 0. The molecule has 1 aromatic carbocycles. The first-order valence-corrected chi connectivity index (χ1v) is 6.66. The number of benzene rings is 1. The predicted molar refractivity (Wildman–Crippen MR) is 80.1 cm³/mol. The third kappa shape index (κ3) is 3.83. The molecule has 0 aromatic heterocycles. The summed E-state index contributed by atoms with van der Waals surface area (Å²) in [5.41, 5.74) is 0.591. The van der Waals surface area contributed by atoms with E-state index in [0.29, 0.717) is 5.02 Å². The SMILES string of the molecule is CC(C)(C(O)c1ccc(Cl)cc1)N1CCOCC1.Cl. The maximum absolute atomic E-state index is 10.6. The standard InChI is InChI=1S/C14H20ClNO2.ClH/c1-14(2,16-7-9-18-10-8-16)13(17)11-3-5-12(15)6-4-11;/h3-6,13,17H,7-10H2,1-2H3;1H. The van der Waals surface area contributed by atoms with Gasteiger partial charge in [0.1, 0.15) is 0 Å². The molecule has 1 aromatic rings. The zero-order chi connectivity index (χ0) is 13.2. The number of aliphatic hydroxyl groups is 1. The molecule has 1 unspecified atom stereocenters. The number of rotatable bonds is 3. The second kappa shape index (κ2) is 6.91. The highest BCUT2D eigenvalue weighted by Gasteiger charge is 2.35. The fourth-order valence-electron chi connectivity index (χ4n) is 2.37. The lowest BCUT2D eigenvalue weighted by Gasteiger charge is -2.43. The lowest BCUT2D eigenvalue weighted by Crippen LogP contribution is -2.53. The average molecular weight is 306 g/mol. The molecule has 19 heavy (non-hydrogen) atoms. The van der Waals surface area contributed by atoms with Crippen molar-refractivity contribution < 1.29 is 9.84 Å². The van der Waals surface area contributed by atoms with Gasteiger partial charge < -0.3 is 9.84 Å². The average Bonchev–Trinajstić information content (AvgIpc) is 2.40. The number of ether oxygens (including phenoxy) is 1. The van der Waals surface area contributed by atoms with Crippen LogP contribution in [0.3, 0.4) is 0 Å². The molecule has 0 radical (unpaired) electrons. The van der Waals surface area contributed by atoms with Crippen LogP contribution in [0.2, 0.25) is 5.02 Å². The highest BCUT2D eigenvalue weighted by Crippen LogP contribution is 2.32. The summed E-state index contributed by atoms with van der Waals surface area (Å²) in [7, 11) is 0. The van der Waals surface area contributed by atoms with Crippen molar-refractivity contribution in [2.75, 3.05) is 26.3 Å². The van der Waals surface area contributed by atoms with E-state index in [-0.39, 0.29) is 17.9 Å². The Morgan fingerprint density at radius 3 is 2.26 bits per heavy atom. The zero-order valence-corrected chi connectivity index (χ0v) is 12.9. The van der Waals surface area contributed by atoms with E-state index in [1.807, 2.05) is 24.3 Å². The van der Waals surface area contributed by atoms with Gasteiger partial charge in [0.25, 0.3) is 0 Å². The van der Waals surface area contributed by atoms with Crippen molar-refractivity contribution in [1.29, 1.82) is 0 Å². The number of halogens is 2. The molecule has 1 atom stereocenters.